The van der Waals surface area contributed by atoms with Gasteiger partial charge in [0.2, 0.25) is 5.88 Å². The molecule has 3 N–H and O–H groups in total. The number of aromatic amines is 1. The Bertz CT molecular complexity index is 560. The quantitative estimate of drug-likeness (QED) is 0.889. The molecule has 0 aromatic carbocycles. The van der Waals surface area contributed by atoms with Gasteiger partial charge in [-0.15, -0.1) is 0 Å². The molecule has 0 aliphatic heterocycles. The molecule has 2 heterocycles. The number of imidazole rings is 1. The van der Waals surface area contributed by atoms with Crippen LogP contribution in [0.1, 0.15) is 44.0 Å². The number of hydrogen-bond donors (Lipinski definition) is 2. The molecule has 19 heavy (non-hydrogen) atoms. The highest BCUT2D eigenvalue weighted by Gasteiger charge is 2.24. The lowest BCUT2D eigenvalue weighted by Crippen LogP contribution is -2.24. The average molecular weight is 260 g/mol. The molecular formula is C14H20N4O. The highest BCUT2D eigenvalue weighted by atomic mass is 16.5. The third-order valence-corrected chi connectivity index (χ3v) is 4.02. The van der Waals surface area contributed by atoms with E-state index in [0.717, 1.165) is 11.3 Å². The van der Waals surface area contributed by atoms with E-state index in [4.69, 9.17) is 10.5 Å². The maximum atomic E-state index is 6.35. The molecule has 5 nitrogen and oxygen atoms in total. The third kappa shape index (κ3) is 2.42. The lowest BCUT2D eigenvalue weighted by molar-refractivity contribution is 0.302. The second-order valence-electron chi connectivity index (χ2n) is 5.27. The first-order valence-corrected chi connectivity index (χ1v) is 6.94. The molecule has 1 aliphatic carbocycles. The summed E-state index contributed by atoms with van der Waals surface area (Å²) in [5.74, 6) is 1.97. The fraction of sp³-hybridized carbons (Fsp3) is 0.571. The topological polar surface area (TPSA) is 76.8 Å². The van der Waals surface area contributed by atoms with E-state index in [1.807, 2.05) is 12.1 Å². The van der Waals surface area contributed by atoms with Crippen LogP contribution in [0.5, 0.6) is 5.88 Å². The summed E-state index contributed by atoms with van der Waals surface area (Å²) in [6, 6.07) is 3.75. The zero-order chi connectivity index (χ0) is 13.2. The van der Waals surface area contributed by atoms with Crippen LogP contribution >= 0.6 is 0 Å². The van der Waals surface area contributed by atoms with Crippen molar-refractivity contribution in [2.45, 2.75) is 38.1 Å². The Balaban J connectivity index is 1.87. The van der Waals surface area contributed by atoms with Crippen molar-refractivity contribution in [3.8, 4) is 5.88 Å². The number of H-pyrrole nitrogens is 1. The standard InChI is InChI=1S/C14H20N4O/c1-19-11-8-7-10-13(17-11)18-14(16-10)12(15)9-5-3-2-4-6-9/h7-9,12H,2-6,15H2,1H3,(H,16,17,18). The number of fused-ring (bicyclic) bond motifs is 1. The molecule has 5 heteroatoms. The lowest BCUT2D eigenvalue weighted by Gasteiger charge is -2.25. The summed E-state index contributed by atoms with van der Waals surface area (Å²) < 4.78 is 5.11. The van der Waals surface area contributed by atoms with E-state index in [0.29, 0.717) is 17.4 Å². The van der Waals surface area contributed by atoms with Gasteiger partial charge in [0.25, 0.3) is 0 Å². The molecule has 0 amide bonds. The smallest absolute Gasteiger partial charge is 0.215 e. The minimum atomic E-state index is -0.0134. The molecule has 3 rings (SSSR count). The highest BCUT2D eigenvalue weighted by Crippen LogP contribution is 2.32. The number of aromatic nitrogens is 3. The summed E-state index contributed by atoms with van der Waals surface area (Å²) in [4.78, 5) is 12.1. The van der Waals surface area contributed by atoms with Gasteiger partial charge < -0.3 is 15.5 Å². The summed E-state index contributed by atoms with van der Waals surface area (Å²) in [5.41, 5.74) is 7.95. The number of methoxy groups -OCH3 is 1. The number of nitrogens with one attached hydrogen (secondary N) is 1. The molecule has 1 saturated carbocycles. The Morgan fingerprint density at radius 2 is 2.05 bits per heavy atom. The van der Waals surface area contributed by atoms with Crippen LogP contribution in [-0.4, -0.2) is 22.1 Å². The second kappa shape index (κ2) is 5.17. The predicted molar refractivity (Wildman–Crippen MR) is 73.9 cm³/mol. The van der Waals surface area contributed by atoms with Crippen molar-refractivity contribution >= 4 is 11.2 Å². The first kappa shape index (κ1) is 12.4. The Hall–Kier alpha value is -1.62. The number of ether oxygens (including phenoxy) is 1. The van der Waals surface area contributed by atoms with Gasteiger partial charge in [-0.2, -0.15) is 4.98 Å². The van der Waals surface area contributed by atoms with E-state index >= 15 is 0 Å². The SMILES string of the molecule is COc1ccc2[nH]c(C(N)C3CCCCC3)nc2n1. The molecule has 2 aromatic rings. The van der Waals surface area contributed by atoms with Gasteiger partial charge in [0.15, 0.2) is 5.65 Å². The van der Waals surface area contributed by atoms with E-state index in [1.165, 1.54) is 32.1 Å². The molecule has 0 spiro atoms. The Morgan fingerprint density at radius 3 is 2.79 bits per heavy atom. The maximum absolute atomic E-state index is 6.35. The normalized spacial score (nSPS) is 18.6. The Kier molecular flexibility index (Phi) is 3.38. The van der Waals surface area contributed by atoms with Crippen LogP contribution in [0.4, 0.5) is 0 Å². The number of hydrogen-bond acceptors (Lipinski definition) is 4. The summed E-state index contributed by atoms with van der Waals surface area (Å²) in [6.45, 7) is 0. The largest absolute Gasteiger partial charge is 0.481 e. The minimum Gasteiger partial charge on any atom is -0.481 e. The molecule has 1 atom stereocenters. The minimum absolute atomic E-state index is 0.0134. The molecule has 1 fully saturated rings. The number of nitrogens with two attached hydrogens (primary N) is 1. The summed E-state index contributed by atoms with van der Waals surface area (Å²) >= 11 is 0. The fourth-order valence-corrected chi connectivity index (χ4v) is 2.88. The van der Waals surface area contributed by atoms with Crippen molar-refractivity contribution in [1.29, 1.82) is 0 Å². The van der Waals surface area contributed by atoms with Gasteiger partial charge in [-0.3, -0.25) is 0 Å². The predicted octanol–water partition coefficient (Wildman–Crippen LogP) is 2.55. The molecule has 2 aromatic heterocycles. The van der Waals surface area contributed by atoms with Gasteiger partial charge in [0, 0.05) is 6.07 Å². The van der Waals surface area contributed by atoms with Gasteiger partial charge in [0.05, 0.1) is 18.7 Å². The van der Waals surface area contributed by atoms with Gasteiger partial charge in [-0.25, -0.2) is 4.98 Å². The molecule has 1 unspecified atom stereocenters. The fourth-order valence-electron chi connectivity index (χ4n) is 2.88. The summed E-state index contributed by atoms with van der Waals surface area (Å²) in [6.07, 6.45) is 6.31. The second-order valence-corrected chi connectivity index (χ2v) is 5.27. The summed E-state index contributed by atoms with van der Waals surface area (Å²) in [7, 11) is 1.61. The van der Waals surface area contributed by atoms with Crippen molar-refractivity contribution in [3.05, 3.63) is 18.0 Å². The molecule has 1 aliphatic rings. The average Bonchev–Trinajstić information content (AvgIpc) is 2.90. The van der Waals surface area contributed by atoms with E-state index in [9.17, 15) is 0 Å². The van der Waals surface area contributed by atoms with Crippen LogP contribution in [-0.2, 0) is 0 Å². The van der Waals surface area contributed by atoms with Crippen molar-refractivity contribution in [3.63, 3.8) is 0 Å². The maximum Gasteiger partial charge on any atom is 0.215 e. The van der Waals surface area contributed by atoms with E-state index < -0.39 is 0 Å². The van der Waals surface area contributed by atoms with Crippen molar-refractivity contribution in [2.24, 2.45) is 11.7 Å². The van der Waals surface area contributed by atoms with Crippen LogP contribution in [0.25, 0.3) is 11.2 Å². The van der Waals surface area contributed by atoms with Crippen molar-refractivity contribution in [2.75, 3.05) is 7.11 Å². The van der Waals surface area contributed by atoms with Crippen molar-refractivity contribution < 1.29 is 4.74 Å². The molecule has 0 bridgehead atoms. The third-order valence-electron chi connectivity index (χ3n) is 4.02. The lowest BCUT2D eigenvalue weighted by atomic mass is 9.84. The zero-order valence-corrected chi connectivity index (χ0v) is 11.2. The molecule has 0 saturated heterocycles. The van der Waals surface area contributed by atoms with E-state index in [-0.39, 0.29) is 6.04 Å². The first-order chi connectivity index (χ1) is 9.28. The zero-order valence-electron chi connectivity index (χ0n) is 11.2. The van der Waals surface area contributed by atoms with E-state index in [1.54, 1.807) is 7.11 Å². The van der Waals surface area contributed by atoms with Crippen LogP contribution < -0.4 is 10.5 Å². The number of pyridine rings is 1. The Morgan fingerprint density at radius 1 is 1.26 bits per heavy atom. The highest BCUT2D eigenvalue weighted by molar-refractivity contribution is 5.71. The monoisotopic (exact) mass is 260 g/mol. The first-order valence-electron chi connectivity index (χ1n) is 6.94. The van der Waals surface area contributed by atoms with Crippen molar-refractivity contribution in [1.82, 2.24) is 15.0 Å². The number of nitrogens with zero attached hydrogens (tertiary/aromatic N) is 2. The molecule has 102 valence electrons. The van der Waals surface area contributed by atoms with Crippen LogP contribution in [0.3, 0.4) is 0 Å². The van der Waals surface area contributed by atoms with Gasteiger partial charge in [-0.1, -0.05) is 19.3 Å². The molecular weight excluding hydrogens is 240 g/mol. The van der Waals surface area contributed by atoms with E-state index in [2.05, 4.69) is 15.0 Å². The Labute approximate surface area is 112 Å². The van der Waals surface area contributed by atoms with Gasteiger partial charge in [-0.05, 0) is 24.8 Å². The van der Waals surface area contributed by atoms with Gasteiger partial charge >= 0.3 is 0 Å². The summed E-state index contributed by atoms with van der Waals surface area (Å²) in [5, 5.41) is 0. The molecule has 0 radical (unpaired) electrons. The van der Waals surface area contributed by atoms with Crippen LogP contribution in [0.15, 0.2) is 12.1 Å². The van der Waals surface area contributed by atoms with Crippen LogP contribution in [0.2, 0.25) is 0 Å². The van der Waals surface area contributed by atoms with Gasteiger partial charge in [0.1, 0.15) is 5.82 Å². The number of rotatable bonds is 3. The van der Waals surface area contributed by atoms with Crippen LogP contribution in [0, 0.1) is 5.92 Å².